The highest BCUT2D eigenvalue weighted by molar-refractivity contribution is 5.84. The van der Waals surface area contributed by atoms with E-state index in [4.69, 9.17) is 15.6 Å². The molecule has 0 saturated carbocycles. The van der Waals surface area contributed by atoms with E-state index < -0.39 is 11.6 Å². The van der Waals surface area contributed by atoms with Gasteiger partial charge in [-0.25, -0.2) is 8.78 Å². The van der Waals surface area contributed by atoms with Crippen LogP contribution in [0.25, 0.3) is 0 Å². The van der Waals surface area contributed by atoms with Crippen LogP contribution in [0, 0.1) is 17.0 Å². The van der Waals surface area contributed by atoms with Crippen molar-refractivity contribution in [3.8, 4) is 0 Å². The van der Waals surface area contributed by atoms with Crippen molar-refractivity contribution in [2.24, 2.45) is 10.1 Å². The predicted molar refractivity (Wildman–Crippen MR) is 131 cm³/mol. The minimum Gasteiger partial charge on any atom is -0.463 e. The van der Waals surface area contributed by atoms with Crippen LogP contribution in [0.15, 0.2) is 51.1 Å². The van der Waals surface area contributed by atoms with E-state index in [1.807, 2.05) is 4.90 Å². The molecule has 1 aromatic carbocycles. The minimum absolute atomic E-state index is 0.108. The fourth-order valence-electron chi connectivity index (χ4n) is 3.91. The molecule has 0 radical (unpaired) electrons. The highest BCUT2D eigenvalue weighted by Gasteiger charge is 2.20. The van der Waals surface area contributed by atoms with Crippen molar-refractivity contribution in [2.75, 3.05) is 62.3 Å². The quantitative estimate of drug-likeness (QED) is 0.421. The fourth-order valence-corrected chi connectivity index (χ4v) is 3.91. The third-order valence-electron chi connectivity index (χ3n) is 5.68. The molecule has 35 heavy (non-hydrogen) atoms. The first-order valence-electron chi connectivity index (χ1n) is 11.1. The third kappa shape index (κ3) is 5.54. The van der Waals surface area contributed by atoms with Gasteiger partial charge in [0.1, 0.15) is 23.2 Å². The summed E-state index contributed by atoms with van der Waals surface area (Å²) in [6.07, 6.45) is 4.19. The van der Waals surface area contributed by atoms with Gasteiger partial charge in [0.15, 0.2) is 5.49 Å². The van der Waals surface area contributed by atoms with Crippen LogP contribution in [0.3, 0.4) is 0 Å². The molecular formula is C23H27F2N9O. The lowest BCUT2D eigenvalue weighted by Gasteiger charge is -2.36. The van der Waals surface area contributed by atoms with Crippen LogP contribution in [0.4, 0.5) is 26.2 Å². The maximum atomic E-state index is 14.1. The molecule has 184 valence electrons. The van der Waals surface area contributed by atoms with E-state index in [1.165, 1.54) is 29.3 Å². The van der Waals surface area contributed by atoms with Gasteiger partial charge < -0.3 is 25.8 Å². The monoisotopic (exact) mass is 483 g/mol. The number of hydrogen-bond donors (Lipinski definition) is 3. The number of nitrogens with two attached hydrogens (primary N) is 1. The highest BCUT2D eigenvalue weighted by atomic mass is 19.1. The van der Waals surface area contributed by atoms with Crippen LogP contribution in [0.2, 0.25) is 0 Å². The number of halogens is 2. The van der Waals surface area contributed by atoms with Crippen molar-refractivity contribution < 1.29 is 13.2 Å². The summed E-state index contributed by atoms with van der Waals surface area (Å²) in [7, 11) is 1.59. The topological polar surface area (TPSA) is 124 Å². The first-order chi connectivity index (χ1) is 17.0. The Hall–Kier alpha value is -4.06. The van der Waals surface area contributed by atoms with E-state index in [-0.39, 0.29) is 5.95 Å². The molecule has 0 amide bonds. The van der Waals surface area contributed by atoms with Gasteiger partial charge in [0.2, 0.25) is 5.95 Å². The summed E-state index contributed by atoms with van der Waals surface area (Å²) in [6, 6.07) is 7.16. The Morgan fingerprint density at radius 3 is 2.69 bits per heavy atom. The summed E-state index contributed by atoms with van der Waals surface area (Å²) in [5, 5.41) is 15.4. The molecule has 0 spiro atoms. The molecule has 3 heterocycles. The lowest BCUT2D eigenvalue weighted by molar-refractivity contribution is 0.266. The van der Waals surface area contributed by atoms with Crippen molar-refractivity contribution in [1.82, 2.24) is 14.6 Å². The van der Waals surface area contributed by atoms with Crippen LogP contribution < -0.4 is 21.4 Å². The third-order valence-corrected chi connectivity index (χ3v) is 5.68. The Kier molecular flexibility index (Phi) is 7.51. The number of piperazine rings is 1. The van der Waals surface area contributed by atoms with E-state index in [1.54, 1.807) is 19.2 Å². The molecule has 1 aliphatic heterocycles. The van der Waals surface area contributed by atoms with Crippen molar-refractivity contribution >= 4 is 29.9 Å². The second kappa shape index (κ2) is 10.9. The highest BCUT2D eigenvalue weighted by Crippen LogP contribution is 2.21. The van der Waals surface area contributed by atoms with Crippen LogP contribution in [-0.4, -0.2) is 73.3 Å². The van der Waals surface area contributed by atoms with Gasteiger partial charge >= 0.3 is 0 Å². The molecule has 0 bridgehead atoms. The van der Waals surface area contributed by atoms with Crippen molar-refractivity contribution in [3.05, 3.63) is 65.0 Å². The number of nitrogen functional groups attached to an aromatic ring is 1. The Morgan fingerprint density at radius 2 is 2.03 bits per heavy atom. The number of nitrogens with one attached hydrogen (secondary N) is 2. The zero-order valence-corrected chi connectivity index (χ0v) is 19.3. The molecule has 4 N–H and O–H groups in total. The van der Waals surface area contributed by atoms with Gasteiger partial charge in [-0.05, 0) is 24.3 Å². The molecule has 10 nitrogen and oxygen atoms in total. The molecule has 1 aliphatic rings. The van der Waals surface area contributed by atoms with Gasteiger partial charge in [-0.3, -0.25) is 9.89 Å². The Bertz CT molecular complexity index is 1260. The second-order valence-electron chi connectivity index (χ2n) is 7.85. The summed E-state index contributed by atoms with van der Waals surface area (Å²) in [5.74, 6) is -0.0370. The number of nitrogens with zero attached hydrogens (tertiary/aromatic N) is 6. The number of benzene rings is 1. The first-order valence-corrected chi connectivity index (χ1v) is 11.1. The Balaban J connectivity index is 1.38. The standard InChI is InChI=1S/C23H27F2N9O/c1-28-22-18(14-26)21(31-23(27)34(22)30-15-17-3-2-12-35-17)29-6-7-32-8-10-33(11-9-32)20-5-4-16(24)13-19(20)25/h2-5,12-15,26,29H,6-11H2,1H3,(H2,27,31)/b26-14?,28-22?,30-15+. The number of aromatic nitrogens is 2. The van der Waals surface area contributed by atoms with Crippen LogP contribution >= 0.6 is 0 Å². The van der Waals surface area contributed by atoms with Crippen LogP contribution in [-0.2, 0) is 0 Å². The average molecular weight is 484 g/mol. The smallest absolute Gasteiger partial charge is 0.225 e. The summed E-state index contributed by atoms with van der Waals surface area (Å²) < 4.78 is 33.9. The molecule has 1 saturated heterocycles. The minimum atomic E-state index is -0.579. The number of furan rings is 1. The average Bonchev–Trinajstić information content (AvgIpc) is 3.37. The second-order valence-corrected chi connectivity index (χ2v) is 7.85. The summed E-state index contributed by atoms with van der Waals surface area (Å²) >= 11 is 0. The maximum Gasteiger partial charge on any atom is 0.225 e. The number of hydrogen-bond acceptors (Lipinski definition) is 9. The van der Waals surface area contributed by atoms with Gasteiger partial charge in [-0.15, -0.1) is 0 Å². The first kappa shape index (κ1) is 24.1. The zero-order chi connectivity index (χ0) is 24.8. The predicted octanol–water partition coefficient (Wildman–Crippen LogP) is 1.98. The van der Waals surface area contributed by atoms with Gasteiger partial charge in [-0.2, -0.15) is 14.8 Å². The molecular weight excluding hydrogens is 456 g/mol. The molecule has 0 atom stereocenters. The maximum absolute atomic E-state index is 14.1. The lowest BCUT2D eigenvalue weighted by atomic mass is 10.2. The van der Waals surface area contributed by atoms with Crippen LogP contribution in [0.1, 0.15) is 11.3 Å². The molecule has 2 aromatic heterocycles. The molecule has 0 aliphatic carbocycles. The van der Waals surface area contributed by atoms with Crippen molar-refractivity contribution in [1.29, 1.82) is 5.41 Å². The summed E-state index contributed by atoms with van der Waals surface area (Å²) in [5.41, 5.74) is 7.38. The van der Waals surface area contributed by atoms with E-state index in [0.717, 1.165) is 25.4 Å². The molecule has 1 fully saturated rings. The van der Waals surface area contributed by atoms with Crippen LogP contribution in [0.5, 0.6) is 0 Å². The number of anilines is 3. The van der Waals surface area contributed by atoms with E-state index >= 15 is 0 Å². The Morgan fingerprint density at radius 1 is 1.23 bits per heavy atom. The fraction of sp³-hybridized carbons (Fsp3) is 0.304. The number of rotatable bonds is 8. The van der Waals surface area contributed by atoms with Crippen molar-refractivity contribution in [2.45, 2.75) is 0 Å². The Labute approximate surface area is 200 Å². The SMILES string of the molecule is CN=c1c(C=N)c(NCCN2CCN(c3ccc(F)cc3F)CC2)nc(N)n1/N=C/c1ccco1. The molecule has 3 aromatic rings. The van der Waals surface area contributed by atoms with E-state index in [0.29, 0.717) is 54.5 Å². The molecule has 0 unspecified atom stereocenters. The van der Waals surface area contributed by atoms with Gasteiger partial charge in [0, 0.05) is 58.6 Å². The van der Waals surface area contributed by atoms with E-state index in [2.05, 4.69) is 25.3 Å². The zero-order valence-electron chi connectivity index (χ0n) is 19.3. The lowest BCUT2D eigenvalue weighted by Crippen LogP contribution is -2.48. The molecule has 12 heteroatoms. The van der Waals surface area contributed by atoms with Gasteiger partial charge in [-0.1, -0.05) is 0 Å². The van der Waals surface area contributed by atoms with Gasteiger partial charge in [0.05, 0.1) is 23.7 Å². The summed E-state index contributed by atoms with van der Waals surface area (Å²) in [6.45, 7) is 4.01. The normalized spacial score (nSPS) is 15.2. The van der Waals surface area contributed by atoms with Crippen molar-refractivity contribution in [3.63, 3.8) is 0 Å². The molecule has 4 rings (SSSR count). The van der Waals surface area contributed by atoms with Gasteiger partial charge in [0.25, 0.3) is 0 Å². The van der Waals surface area contributed by atoms with E-state index in [9.17, 15) is 8.78 Å². The summed E-state index contributed by atoms with van der Waals surface area (Å²) in [4.78, 5) is 12.8. The largest absolute Gasteiger partial charge is 0.463 e.